The molecule has 2 rings (SSSR count). The molecule has 0 radical (unpaired) electrons. The molecule has 0 spiro atoms. The minimum absolute atomic E-state index is 0.117. The van der Waals surface area contributed by atoms with Crippen LogP contribution < -0.4 is 0 Å². The molecule has 0 atom stereocenters. The Bertz CT molecular complexity index is 550. The number of non-ortho nitro benzene ring substituents is 1. The Kier molecular flexibility index (Phi) is 4.15. The number of thioether (sulfide) groups is 1. The maximum absolute atomic E-state index is 10.5. The normalized spacial score (nSPS) is 10.7. The second-order valence-corrected chi connectivity index (χ2v) is 4.56. The van der Waals surface area contributed by atoms with E-state index < -0.39 is 4.92 Å². The molecule has 18 heavy (non-hydrogen) atoms. The predicted octanol–water partition coefficient (Wildman–Crippen LogP) is 4.36. The molecule has 0 aromatic heterocycles. The third-order valence-electron chi connectivity index (χ3n) is 2.31. The zero-order valence-electron chi connectivity index (χ0n) is 9.52. The first-order valence-corrected chi connectivity index (χ1v) is 6.26. The number of nitro benzene ring substituents is 1. The minimum atomic E-state index is -0.395. The largest absolute Gasteiger partial charge is 0.269 e. The van der Waals surface area contributed by atoms with Crippen molar-refractivity contribution in [2.75, 3.05) is 0 Å². The minimum Gasteiger partial charge on any atom is -0.258 e. The van der Waals surface area contributed by atoms with Crippen LogP contribution >= 0.6 is 11.8 Å². The third-order valence-corrected chi connectivity index (χ3v) is 3.13. The summed E-state index contributed by atoms with van der Waals surface area (Å²) in [6.45, 7) is 0. The molecule has 0 fully saturated rings. The summed E-state index contributed by atoms with van der Waals surface area (Å²) in [5.74, 6) is 0. The molecule has 0 N–H and O–H groups in total. The molecule has 0 aliphatic heterocycles. The summed E-state index contributed by atoms with van der Waals surface area (Å²) in [5.41, 5.74) is 1.25. The van der Waals surface area contributed by atoms with Crippen LogP contribution in [0.3, 0.4) is 0 Å². The Labute approximate surface area is 109 Å². The molecule has 0 aliphatic carbocycles. The van der Waals surface area contributed by atoms with E-state index in [4.69, 9.17) is 0 Å². The summed E-state index contributed by atoms with van der Waals surface area (Å²) >= 11 is 1.53. The van der Waals surface area contributed by atoms with Crippen LogP contribution in [0.2, 0.25) is 0 Å². The lowest BCUT2D eigenvalue weighted by Crippen LogP contribution is -1.86. The number of hydrogen-bond acceptors (Lipinski definition) is 3. The van der Waals surface area contributed by atoms with Crippen molar-refractivity contribution in [3.8, 4) is 0 Å². The van der Waals surface area contributed by atoms with Gasteiger partial charge in [-0.05, 0) is 29.2 Å². The van der Waals surface area contributed by atoms with Gasteiger partial charge in [-0.3, -0.25) is 10.1 Å². The highest BCUT2D eigenvalue weighted by Gasteiger charge is 2.02. The van der Waals surface area contributed by atoms with E-state index in [1.54, 1.807) is 12.1 Å². The zero-order valence-corrected chi connectivity index (χ0v) is 10.3. The molecule has 3 nitrogen and oxygen atoms in total. The van der Waals surface area contributed by atoms with Crippen molar-refractivity contribution >= 4 is 23.5 Å². The van der Waals surface area contributed by atoms with Crippen molar-refractivity contribution in [3.05, 3.63) is 75.7 Å². The Hall–Kier alpha value is -2.07. The summed E-state index contributed by atoms with van der Waals surface area (Å²) in [7, 11) is 0. The van der Waals surface area contributed by atoms with Crippen LogP contribution in [0.15, 0.2) is 64.9 Å². The van der Waals surface area contributed by atoms with Crippen molar-refractivity contribution in [2.24, 2.45) is 0 Å². The van der Waals surface area contributed by atoms with Crippen LogP contribution in [-0.4, -0.2) is 4.92 Å². The van der Waals surface area contributed by atoms with Crippen LogP contribution in [0.4, 0.5) is 5.69 Å². The van der Waals surface area contributed by atoms with E-state index in [1.807, 2.05) is 41.8 Å². The monoisotopic (exact) mass is 257 g/mol. The van der Waals surface area contributed by atoms with Gasteiger partial charge in [-0.1, -0.05) is 42.1 Å². The molecule has 0 saturated carbocycles. The fourth-order valence-corrected chi connectivity index (χ4v) is 2.08. The maximum Gasteiger partial charge on any atom is 0.269 e. The fraction of sp³-hybridized carbons (Fsp3) is 0. The van der Waals surface area contributed by atoms with Gasteiger partial charge >= 0.3 is 0 Å². The van der Waals surface area contributed by atoms with Gasteiger partial charge in [0.2, 0.25) is 0 Å². The van der Waals surface area contributed by atoms with E-state index >= 15 is 0 Å². The Balaban J connectivity index is 1.98. The lowest BCUT2D eigenvalue weighted by molar-refractivity contribution is -0.384. The Morgan fingerprint density at radius 2 is 1.67 bits per heavy atom. The van der Waals surface area contributed by atoms with E-state index in [0.29, 0.717) is 0 Å². The highest BCUT2D eigenvalue weighted by molar-refractivity contribution is 8.02. The van der Waals surface area contributed by atoms with Gasteiger partial charge in [0.25, 0.3) is 5.69 Å². The topological polar surface area (TPSA) is 43.1 Å². The van der Waals surface area contributed by atoms with Gasteiger partial charge in [-0.2, -0.15) is 0 Å². The summed E-state index contributed by atoms with van der Waals surface area (Å²) in [6, 6.07) is 16.5. The van der Waals surface area contributed by atoms with Gasteiger partial charge in [0.1, 0.15) is 0 Å². The second-order valence-electron chi connectivity index (χ2n) is 3.58. The molecule has 0 aliphatic rings. The first kappa shape index (κ1) is 12.4. The first-order valence-electron chi connectivity index (χ1n) is 5.38. The fourth-order valence-electron chi connectivity index (χ4n) is 1.40. The van der Waals surface area contributed by atoms with Gasteiger partial charge in [0.05, 0.1) is 4.92 Å². The lowest BCUT2D eigenvalue weighted by Gasteiger charge is -1.96. The molecule has 0 amide bonds. The molecule has 0 unspecified atom stereocenters. The summed E-state index contributed by atoms with van der Waals surface area (Å²) in [6.07, 6.45) is 2.01. The van der Waals surface area contributed by atoms with Crippen molar-refractivity contribution in [2.45, 2.75) is 4.90 Å². The number of hydrogen-bond donors (Lipinski definition) is 0. The van der Waals surface area contributed by atoms with Crippen molar-refractivity contribution in [1.29, 1.82) is 0 Å². The smallest absolute Gasteiger partial charge is 0.258 e. The van der Waals surface area contributed by atoms with Crippen LogP contribution in [0.1, 0.15) is 5.56 Å². The summed E-state index contributed by atoms with van der Waals surface area (Å²) in [5, 5.41) is 12.5. The number of nitrogens with zero attached hydrogens (tertiary/aromatic N) is 1. The highest BCUT2D eigenvalue weighted by Crippen LogP contribution is 2.22. The van der Waals surface area contributed by atoms with Gasteiger partial charge in [0, 0.05) is 17.0 Å². The van der Waals surface area contributed by atoms with E-state index in [2.05, 4.69) is 0 Å². The van der Waals surface area contributed by atoms with E-state index in [-0.39, 0.29) is 5.69 Å². The molecule has 90 valence electrons. The van der Waals surface area contributed by atoms with Crippen LogP contribution in [0, 0.1) is 10.1 Å². The van der Waals surface area contributed by atoms with Gasteiger partial charge < -0.3 is 0 Å². The van der Waals surface area contributed by atoms with E-state index in [0.717, 1.165) is 10.5 Å². The van der Waals surface area contributed by atoms with Gasteiger partial charge in [0.15, 0.2) is 0 Å². The maximum atomic E-state index is 10.5. The van der Waals surface area contributed by atoms with Gasteiger partial charge in [-0.15, -0.1) is 0 Å². The van der Waals surface area contributed by atoms with E-state index in [9.17, 15) is 10.1 Å². The Morgan fingerprint density at radius 1 is 1.00 bits per heavy atom. The summed E-state index contributed by atoms with van der Waals surface area (Å²) in [4.78, 5) is 11.1. The average molecular weight is 257 g/mol. The Morgan fingerprint density at radius 3 is 2.28 bits per heavy atom. The number of rotatable bonds is 4. The van der Waals surface area contributed by atoms with Crippen LogP contribution in [0.25, 0.3) is 6.08 Å². The van der Waals surface area contributed by atoms with Gasteiger partial charge in [-0.25, -0.2) is 0 Å². The molecule has 4 heteroatoms. The predicted molar refractivity (Wildman–Crippen MR) is 74.4 cm³/mol. The van der Waals surface area contributed by atoms with Crippen LogP contribution in [0.5, 0.6) is 0 Å². The molecular formula is C14H11NO2S. The molecule has 0 bridgehead atoms. The summed E-state index contributed by atoms with van der Waals surface area (Å²) < 4.78 is 0. The van der Waals surface area contributed by atoms with Crippen molar-refractivity contribution in [1.82, 2.24) is 0 Å². The van der Waals surface area contributed by atoms with Crippen molar-refractivity contribution < 1.29 is 4.92 Å². The van der Waals surface area contributed by atoms with Crippen LogP contribution in [-0.2, 0) is 0 Å². The third kappa shape index (κ3) is 3.46. The van der Waals surface area contributed by atoms with E-state index in [1.165, 1.54) is 23.9 Å². The molecular weight excluding hydrogens is 246 g/mol. The first-order chi connectivity index (χ1) is 8.75. The second kappa shape index (κ2) is 6.02. The van der Waals surface area contributed by atoms with Crippen molar-refractivity contribution in [3.63, 3.8) is 0 Å². The molecule has 0 saturated heterocycles. The molecule has 0 heterocycles. The quantitative estimate of drug-likeness (QED) is 0.464. The number of nitro groups is 1. The zero-order chi connectivity index (χ0) is 12.8. The number of benzene rings is 2. The molecule has 2 aromatic carbocycles. The lowest BCUT2D eigenvalue weighted by atomic mass is 10.2. The standard InChI is InChI=1S/C14H11NO2S/c16-15(17)13-6-8-14(9-7-13)18-11-10-12-4-2-1-3-5-12/h1-11H/b11-10-. The molecule has 2 aromatic rings. The SMILES string of the molecule is O=[N+]([O-])c1ccc(S/C=C\c2ccccc2)cc1. The highest BCUT2D eigenvalue weighted by atomic mass is 32.2. The average Bonchev–Trinajstić information content (AvgIpc) is 2.40.